The largest absolute Gasteiger partial charge is 0.496 e. The minimum absolute atomic E-state index is 0.144. The monoisotopic (exact) mass is 350 g/mol. The maximum atomic E-state index is 12.2. The predicted octanol–water partition coefficient (Wildman–Crippen LogP) is 2.85. The summed E-state index contributed by atoms with van der Waals surface area (Å²) < 4.78 is 4.99. The molecule has 25 heavy (non-hydrogen) atoms. The van der Waals surface area contributed by atoms with E-state index in [-0.39, 0.29) is 17.4 Å². The van der Waals surface area contributed by atoms with Crippen LogP contribution in [-0.4, -0.2) is 48.6 Å². The van der Waals surface area contributed by atoms with Crippen LogP contribution in [0.5, 0.6) is 5.75 Å². The lowest BCUT2D eigenvalue weighted by atomic mass is 10.0. The molecule has 0 bridgehead atoms. The third-order valence-electron chi connectivity index (χ3n) is 4.50. The Morgan fingerprint density at radius 3 is 2.60 bits per heavy atom. The Balaban J connectivity index is 1.98. The van der Waals surface area contributed by atoms with Crippen LogP contribution in [0, 0.1) is 16.0 Å². The topological polar surface area (TPSA) is 96.7 Å². The van der Waals surface area contributed by atoms with Crippen LogP contribution in [0.15, 0.2) is 18.2 Å². The molecule has 8 heteroatoms. The van der Waals surface area contributed by atoms with Crippen LogP contribution in [0.3, 0.4) is 0 Å². The average molecular weight is 350 g/mol. The molecule has 2 rings (SSSR count). The molecule has 1 aromatic rings. The van der Waals surface area contributed by atoms with Crippen molar-refractivity contribution >= 4 is 17.4 Å². The highest BCUT2D eigenvalue weighted by Gasteiger charge is 2.25. The van der Waals surface area contributed by atoms with Crippen molar-refractivity contribution in [1.82, 2.24) is 10.2 Å². The fraction of sp³-hybridized carbons (Fsp3) is 0.588. The van der Waals surface area contributed by atoms with E-state index in [9.17, 15) is 14.9 Å². The molecule has 138 valence electrons. The van der Waals surface area contributed by atoms with Gasteiger partial charge in [0, 0.05) is 12.6 Å². The van der Waals surface area contributed by atoms with Crippen LogP contribution in [0.4, 0.5) is 16.2 Å². The number of urea groups is 1. The number of likely N-dealkylation sites (tertiary alicyclic amines) is 1. The number of hydrogen-bond donors (Lipinski definition) is 2. The fourth-order valence-electron chi connectivity index (χ4n) is 3.12. The molecule has 0 saturated carbocycles. The number of rotatable bonds is 7. The quantitative estimate of drug-likeness (QED) is 0.582. The van der Waals surface area contributed by atoms with E-state index in [0.29, 0.717) is 18.2 Å². The highest BCUT2D eigenvalue weighted by Crippen LogP contribution is 2.28. The van der Waals surface area contributed by atoms with Gasteiger partial charge in [0.1, 0.15) is 11.4 Å². The van der Waals surface area contributed by atoms with E-state index < -0.39 is 11.0 Å². The van der Waals surface area contributed by atoms with Gasteiger partial charge in [0.05, 0.1) is 18.1 Å². The summed E-state index contributed by atoms with van der Waals surface area (Å²) in [5, 5.41) is 16.6. The van der Waals surface area contributed by atoms with Crippen molar-refractivity contribution in [2.45, 2.75) is 32.7 Å². The minimum Gasteiger partial charge on any atom is -0.496 e. The molecule has 2 amide bonds. The molecule has 2 N–H and O–H groups in total. The molecule has 1 fully saturated rings. The molecule has 0 radical (unpaired) electrons. The number of nitro groups is 1. The Bertz CT molecular complexity index is 615. The summed E-state index contributed by atoms with van der Waals surface area (Å²) in [5.41, 5.74) is -0.0555. The Hall–Kier alpha value is -2.35. The van der Waals surface area contributed by atoms with Gasteiger partial charge < -0.3 is 15.4 Å². The lowest BCUT2D eigenvalue weighted by Crippen LogP contribution is -2.46. The highest BCUT2D eigenvalue weighted by atomic mass is 16.6. The number of methoxy groups -OCH3 is 1. The van der Waals surface area contributed by atoms with Crippen molar-refractivity contribution < 1.29 is 14.5 Å². The third-order valence-corrected chi connectivity index (χ3v) is 4.50. The van der Waals surface area contributed by atoms with E-state index in [0.717, 1.165) is 13.1 Å². The van der Waals surface area contributed by atoms with Gasteiger partial charge in [-0.3, -0.25) is 15.0 Å². The molecule has 1 saturated heterocycles. The molecule has 0 aliphatic carbocycles. The van der Waals surface area contributed by atoms with Crippen molar-refractivity contribution in [3.05, 3.63) is 28.3 Å². The van der Waals surface area contributed by atoms with Gasteiger partial charge in [-0.2, -0.15) is 0 Å². The Morgan fingerprint density at radius 1 is 1.36 bits per heavy atom. The summed E-state index contributed by atoms with van der Waals surface area (Å²) >= 11 is 0. The predicted molar refractivity (Wildman–Crippen MR) is 96.1 cm³/mol. The molecule has 1 heterocycles. The molecule has 8 nitrogen and oxygen atoms in total. The van der Waals surface area contributed by atoms with E-state index in [1.54, 1.807) is 6.07 Å². The van der Waals surface area contributed by atoms with Crippen molar-refractivity contribution in [3.63, 3.8) is 0 Å². The van der Waals surface area contributed by atoms with Crippen LogP contribution >= 0.6 is 0 Å². The number of nitrogens with zero attached hydrogens (tertiary/aromatic N) is 2. The van der Waals surface area contributed by atoms with E-state index >= 15 is 0 Å². The van der Waals surface area contributed by atoms with Crippen LogP contribution < -0.4 is 15.4 Å². The van der Waals surface area contributed by atoms with E-state index in [1.165, 1.54) is 32.1 Å². The summed E-state index contributed by atoms with van der Waals surface area (Å²) in [6, 6.07) is 4.15. The van der Waals surface area contributed by atoms with Gasteiger partial charge in [-0.15, -0.1) is 0 Å². The standard InChI is InChI=1S/C17H26N4O4/c1-12(2)16(20-8-4-5-9-20)11-18-17(22)19-14-7-6-13(25-3)10-15(14)21(23)24/h6-7,10,12,16H,4-5,8-9,11H2,1-3H3,(H2,18,19,22)/t16-/m1/s1. The number of anilines is 1. The van der Waals surface area contributed by atoms with Gasteiger partial charge in [0.2, 0.25) is 0 Å². The second-order valence-electron chi connectivity index (χ2n) is 6.53. The lowest BCUT2D eigenvalue weighted by molar-refractivity contribution is -0.384. The van der Waals surface area contributed by atoms with Crippen LogP contribution in [0.1, 0.15) is 26.7 Å². The van der Waals surface area contributed by atoms with Gasteiger partial charge in [-0.05, 0) is 44.0 Å². The Labute approximate surface area is 147 Å². The first-order chi connectivity index (χ1) is 11.9. The SMILES string of the molecule is COc1ccc(NC(=O)NC[C@H](C(C)C)N2CCCC2)c([N+](=O)[O-])c1. The number of nitro benzene ring substituents is 1. The summed E-state index contributed by atoms with van der Waals surface area (Å²) in [7, 11) is 1.43. The Kier molecular flexibility index (Phi) is 6.58. The zero-order valence-electron chi connectivity index (χ0n) is 14.9. The number of nitrogens with one attached hydrogen (secondary N) is 2. The van der Waals surface area contributed by atoms with Crippen molar-refractivity contribution in [1.29, 1.82) is 0 Å². The number of ether oxygens (including phenoxy) is 1. The number of carbonyl (C=O) groups excluding carboxylic acids is 1. The molecular weight excluding hydrogens is 324 g/mol. The fourth-order valence-corrected chi connectivity index (χ4v) is 3.12. The number of carbonyl (C=O) groups is 1. The molecule has 0 aromatic heterocycles. The van der Waals surface area contributed by atoms with E-state index in [1.807, 2.05) is 0 Å². The van der Waals surface area contributed by atoms with Crippen molar-refractivity contribution in [2.24, 2.45) is 5.92 Å². The first kappa shape index (κ1) is 19.0. The zero-order valence-corrected chi connectivity index (χ0v) is 14.9. The maximum Gasteiger partial charge on any atom is 0.319 e. The lowest BCUT2D eigenvalue weighted by Gasteiger charge is -2.30. The summed E-state index contributed by atoms with van der Waals surface area (Å²) in [5.74, 6) is 0.778. The first-order valence-electron chi connectivity index (χ1n) is 8.53. The van der Waals surface area contributed by atoms with Crippen molar-refractivity contribution in [3.8, 4) is 5.75 Å². The second kappa shape index (κ2) is 8.66. The minimum atomic E-state index is -0.542. The average Bonchev–Trinajstić information content (AvgIpc) is 3.09. The normalized spacial score (nSPS) is 15.8. The second-order valence-corrected chi connectivity index (χ2v) is 6.53. The molecule has 1 atom stereocenters. The molecule has 1 aromatic carbocycles. The van der Waals surface area contributed by atoms with Crippen molar-refractivity contribution in [2.75, 3.05) is 32.1 Å². The highest BCUT2D eigenvalue weighted by molar-refractivity contribution is 5.92. The summed E-state index contributed by atoms with van der Waals surface area (Å²) in [6.07, 6.45) is 2.38. The summed E-state index contributed by atoms with van der Waals surface area (Å²) in [6.45, 7) is 6.88. The first-order valence-corrected chi connectivity index (χ1v) is 8.53. The third kappa shape index (κ3) is 5.06. The van der Waals surface area contributed by atoms with Crippen LogP contribution in [0.25, 0.3) is 0 Å². The van der Waals surface area contributed by atoms with Gasteiger partial charge in [-0.25, -0.2) is 4.79 Å². The molecule has 1 aliphatic rings. The van der Waals surface area contributed by atoms with Crippen LogP contribution in [0.2, 0.25) is 0 Å². The van der Waals surface area contributed by atoms with Gasteiger partial charge in [0.25, 0.3) is 5.69 Å². The van der Waals surface area contributed by atoms with E-state index in [4.69, 9.17) is 4.74 Å². The smallest absolute Gasteiger partial charge is 0.319 e. The van der Waals surface area contributed by atoms with Gasteiger partial charge in [0.15, 0.2) is 0 Å². The van der Waals surface area contributed by atoms with Crippen LogP contribution in [-0.2, 0) is 0 Å². The Morgan fingerprint density at radius 2 is 2.04 bits per heavy atom. The zero-order chi connectivity index (χ0) is 18.4. The number of benzene rings is 1. The molecule has 1 aliphatic heterocycles. The maximum absolute atomic E-state index is 12.2. The molecule has 0 unspecified atom stereocenters. The van der Waals surface area contributed by atoms with Gasteiger partial charge in [-0.1, -0.05) is 13.8 Å². The molecular formula is C17H26N4O4. The summed E-state index contributed by atoms with van der Waals surface area (Å²) in [4.78, 5) is 25.2. The van der Waals surface area contributed by atoms with Gasteiger partial charge >= 0.3 is 6.03 Å². The number of hydrogen-bond acceptors (Lipinski definition) is 5. The molecule has 0 spiro atoms. The number of amides is 2. The van der Waals surface area contributed by atoms with E-state index in [2.05, 4.69) is 29.4 Å².